The molecule has 0 unspecified atom stereocenters. The van der Waals surface area contributed by atoms with Crippen molar-refractivity contribution in [3.63, 3.8) is 0 Å². The molecule has 0 saturated heterocycles. The average molecular weight is 244 g/mol. The zero-order valence-electron chi connectivity index (χ0n) is 11.1. The molecule has 3 rings (SSSR count). The fourth-order valence-corrected chi connectivity index (χ4v) is 4.10. The Hall–Kier alpha value is -0.980. The molecule has 1 aromatic carbocycles. The molecule has 0 aliphatic heterocycles. The predicted octanol–water partition coefficient (Wildman–Crippen LogP) is 4.86. The standard InChI is InChI=1S/C17H24O/c18-17-11-9-16(10-12-17)15-7-5-14(6-8-15)13-3-1-2-4-13/h9-15,18H,1-8H2. The molecule has 1 nitrogen and oxygen atoms in total. The summed E-state index contributed by atoms with van der Waals surface area (Å²) in [5.74, 6) is 3.19. The first-order valence-corrected chi connectivity index (χ1v) is 7.62. The highest BCUT2D eigenvalue weighted by atomic mass is 16.3. The number of rotatable bonds is 2. The molecule has 2 aliphatic rings. The van der Waals surface area contributed by atoms with Crippen LogP contribution >= 0.6 is 0 Å². The van der Waals surface area contributed by atoms with Crippen molar-refractivity contribution in [1.29, 1.82) is 0 Å². The molecule has 0 heterocycles. The fraction of sp³-hybridized carbons (Fsp3) is 0.647. The van der Waals surface area contributed by atoms with Gasteiger partial charge in [0.25, 0.3) is 0 Å². The second-order valence-corrected chi connectivity index (χ2v) is 6.25. The van der Waals surface area contributed by atoms with Crippen molar-refractivity contribution in [2.45, 2.75) is 57.3 Å². The van der Waals surface area contributed by atoms with E-state index in [1.54, 1.807) is 0 Å². The van der Waals surface area contributed by atoms with Crippen LogP contribution in [0.2, 0.25) is 0 Å². The van der Waals surface area contributed by atoms with E-state index in [0.29, 0.717) is 5.75 Å². The minimum absolute atomic E-state index is 0.387. The van der Waals surface area contributed by atoms with E-state index in [-0.39, 0.29) is 0 Å². The van der Waals surface area contributed by atoms with Crippen LogP contribution in [0.1, 0.15) is 62.8 Å². The first-order chi connectivity index (χ1) is 8.83. The van der Waals surface area contributed by atoms with E-state index in [1.165, 1.54) is 56.9 Å². The highest BCUT2D eigenvalue weighted by Crippen LogP contribution is 2.43. The van der Waals surface area contributed by atoms with E-state index < -0.39 is 0 Å². The second-order valence-electron chi connectivity index (χ2n) is 6.25. The van der Waals surface area contributed by atoms with Crippen LogP contribution in [-0.2, 0) is 0 Å². The van der Waals surface area contributed by atoms with Crippen molar-refractivity contribution in [1.82, 2.24) is 0 Å². The third-order valence-corrected chi connectivity index (χ3v) is 5.20. The van der Waals surface area contributed by atoms with E-state index in [9.17, 15) is 5.11 Å². The molecule has 18 heavy (non-hydrogen) atoms. The molecule has 0 spiro atoms. The normalized spacial score (nSPS) is 29.6. The van der Waals surface area contributed by atoms with Crippen LogP contribution in [-0.4, -0.2) is 5.11 Å². The van der Waals surface area contributed by atoms with Gasteiger partial charge in [-0.15, -0.1) is 0 Å². The van der Waals surface area contributed by atoms with E-state index in [0.717, 1.165) is 17.8 Å². The summed E-state index contributed by atoms with van der Waals surface area (Å²) in [6.45, 7) is 0. The average Bonchev–Trinajstić information content (AvgIpc) is 2.94. The van der Waals surface area contributed by atoms with Gasteiger partial charge in [0.05, 0.1) is 0 Å². The van der Waals surface area contributed by atoms with Crippen molar-refractivity contribution in [3.05, 3.63) is 29.8 Å². The summed E-state index contributed by atoms with van der Waals surface area (Å²) in [5, 5.41) is 9.34. The van der Waals surface area contributed by atoms with Crippen molar-refractivity contribution in [2.24, 2.45) is 11.8 Å². The van der Waals surface area contributed by atoms with E-state index in [2.05, 4.69) is 12.1 Å². The Labute approximate surface area is 110 Å². The maximum Gasteiger partial charge on any atom is 0.115 e. The zero-order valence-corrected chi connectivity index (χ0v) is 11.1. The number of aromatic hydroxyl groups is 1. The van der Waals surface area contributed by atoms with E-state index in [4.69, 9.17) is 0 Å². The molecule has 1 heteroatoms. The van der Waals surface area contributed by atoms with E-state index in [1.807, 2.05) is 12.1 Å². The Bertz CT molecular complexity index is 367. The Balaban J connectivity index is 1.57. The molecule has 0 aromatic heterocycles. The third kappa shape index (κ3) is 2.55. The molecular weight excluding hydrogens is 220 g/mol. The van der Waals surface area contributed by atoms with Gasteiger partial charge in [0.2, 0.25) is 0 Å². The molecule has 0 atom stereocenters. The lowest BCUT2D eigenvalue weighted by molar-refractivity contribution is 0.235. The molecule has 0 radical (unpaired) electrons. The summed E-state index contributed by atoms with van der Waals surface area (Å²) in [6.07, 6.45) is 11.5. The van der Waals surface area contributed by atoms with Gasteiger partial charge < -0.3 is 5.11 Å². The van der Waals surface area contributed by atoms with Gasteiger partial charge in [0.15, 0.2) is 0 Å². The number of hydrogen-bond donors (Lipinski definition) is 1. The maximum absolute atomic E-state index is 9.34. The molecule has 2 saturated carbocycles. The SMILES string of the molecule is Oc1ccc(C2CCC(C3CCCC3)CC2)cc1. The van der Waals surface area contributed by atoms with Crippen molar-refractivity contribution in [3.8, 4) is 5.75 Å². The number of phenols is 1. The van der Waals surface area contributed by atoms with Gasteiger partial charge >= 0.3 is 0 Å². The summed E-state index contributed by atoms with van der Waals surface area (Å²) in [5.41, 5.74) is 1.43. The molecular formula is C17H24O. The van der Waals surface area contributed by atoms with Crippen LogP contribution in [0.25, 0.3) is 0 Å². The van der Waals surface area contributed by atoms with Crippen LogP contribution < -0.4 is 0 Å². The Morgan fingerprint density at radius 1 is 0.722 bits per heavy atom. The topological polar surface area (TPSA) is 20.2 Å². The van der Waals surface area contributed by atoms with Crippen molar-refractivity contribution < 1.29 is 5.11 Å². The highest BCUT2D eigenvalue weighted by Gasteiger charge is 2.29. The van der Waals surface area contributed by atoms with Gasteiger partial charge in [0, 0.05) is 0 Å². The molecule has 2 fully saturated rings. The molecule has 1 aromatic rings. The first-order valence-electron chi connectivity index (χ1n) is 7.62. The number of phenolic OH excluding ortho intramolecular Hbond substituents is 1. The second kappa shape index (κ2) is 5.34. The minimum Gasteiger partial charge on any atom is -0.508 e. The summed E-state index contributed by atoms with van der Waals surface area (Å²) in [6, 6.07) is 7.88. The van der Waals surface area contributed by atoms with Gasteiger partial charge in [-0.25, -0.2) is 0 Å². The maximum atomic E-state index is 9.34. The van der Waals surface area contributed by atoms with Gasteiger partial charge in [0.1, 0.15) is 5.75 Å². The van der Waals surface area contributed by atoms with E-state index >= 15 is 0 Å². The number of benzene rings is 1. The molecule has 1 N–H and O–H groups in total. The lowest BCUT2D eigenvalue weighted by atomic mass is 9.73. The lowest BCUT2D eigenvalue weighted by Crippen LogP contribution is -2.19. The van der Waals surface area contributed by atoms with Crippen molar-refractivity contribution in [2.75, 3.05) is 0 Å². The first kappa shape index (κ1) is 12.1. The highest BCUT2D eigenvalue weighted by molar-refractivity contribution is 5.28. The summed E-state index contributed by atoms with van der Waals surface area (Å²) < 4.78 is 0. The van der Waals surface area contributed by atoms with Gasteiger partial charge in [-0.05, 0) is 61.1 Å². The van der Waals surface area contributed by atoms with Gasteiger partial charge in [-0.1, -0.05) is 37.8 Å². The Morgan fingerprint density at radius 3 is 1.89 bits per heavy atom. The van der Waals surface area contributed by atoms with Crippen LogP contribution in [0.3, 0.4) is 0 Å². The quantitative estimate of drug-likeness (QED) is 0.788. The third-order valence-electron chi connectivity index (χ3n) is 5.20. The van der Waals surface area contributed by atoms with Crippen molar-refractivity contribution >= 4 is 0 Å². The zero-order chi connectivity index (χ0) is 12.4. The summed E-state index contributed by atoms with van der Waals surface area (Å²) in [7, 11) is 0. The predicted molar refractivity (Wildman–Crippen MR) is 74.8 cm³/mol. The van der Waals surface area contributed by atoms with Crippen LogP contribution in [0.4, 0.5) is 0 Å². The summed E-state index contributed by atoms with van der Waals surface area (Å²) >= 11 is 0. The smallest absolute Gasteiger partial charge is 0.115 e. The largest absolute Gasteiger partial charge is 0.508 e. The fourth-order valence-electron chi connectivity index (χ4n) is 4.10. The summed E-state index contributed by atoms with van der Waals surface area (Å²) in [4.78, 5) is 0. The minimum atomic E-state index is 0.387. The lowest BCUT2D eigenvalue weighted by Gasteiger charge is -2.32. The monoisotopic (exact) mass is 244 g/mol. The van der Waals surface area contributed by atoms with Gasteiger partial charge in [-0.3, -0.25) is 0 Å². The Kier molecular flexibility index (Phi) is 3.58. The molecule has 0 amide bonds. The molecule has 2 aliphatic carbocycles. The van der Waals surface area contributed by atoms with Crippen LogP contribution in [0.5, 0.6) is 5.75 Å². The Morgan fingerprint density at radius 2 is 1.28 bits per heavy atom. The van der Waals surface area contributed by atoms with Crippen LogP contribution in [0.15, 0.2) is 24.3 Å². The van der Waals surface area contributed by atoms with Crippen LogP contribution in [0, 0.1) is 11.8 Å². The molecule has 98 valence electrons. The van der Waals surface area contributed by atoms with Gasteiger partial charge in [-0.2, -0.15) is 0 Å². The number of hydrogen-bond acceptors (Lipinski definition) is 1. The molecule has 0 bridgehead atoms.